The summed E-state index contributed by atoms with van der Waals surface area (Å²) in [5, 5.41) is -0.270. The Hall–Kier alpha value is -0.240. The zero-order chi connectivity index (χ0) is 9.84. The van der Waals surface area contributed by atoms with Gasteiger partial charge >= 0.3 is 0 Å². The van der Waals surface area contributed by atoms with Gasteiger partial charge < -0.3 is 4.90 Å². The van der Waals surface area contributed by atoms with Crippen LogP contribution in [0.15, 0.2) is 0 Å². The first-order valence-electron chi connectivity index (χ1n) is 5.13. The third-order valence-electron chi connectivity index (χ3n) is 2.87. The van der Waals surface area contributed by atoms with Crippen LogP contribution in [0, 0.1) is 5.92 Å². The second-order valence-electron chi connectivity index (χ2n) is 3.60. The first-order chi connectivity index (χ1) is 6.20. The van der Waals surface area contributed by atoms with E-state index in [4.69, 9.17) is 11.6 Å². The molecule has 0 saturated heterocycles. The standard InChI is InChI=1S/C10H18ClNO/c1-3-12(4-2)10(13)9(11)8-6-5-7-8/h8-9H,3-7H2,1-2H3. The van der Waals surface area contributed by atoms with E-state index in [0.29, 0.717) is 5.92 Å². The van der Waals surface area contributed by atoms with Gasteiger partial charge in [0.15, 0.2) is 0 Å². The van der Waals surface area contributed by atoms with Gasteiger partial charge in [-0.2, -0.15) is 0 Å². The molecule has 1 atom stereocenters. The lowest BCUT2D eigenvalue weighted by molar-refractivity contribution is -0.131. The maximum Gasteiger partial charge on any atom is 0.240 e. The Morgan fingerprint density at radius 1 is 1.46 bits per heavy atom. The first kappa shape index (κ1) is 10.8. The van der Waals surface area contributed by atoms with Gasteiger partial charge in [-0.05, 0) is 32.6 Å². The normalized spacial score (nSPS) is 19.3. The van der Waals surface area contributed by atoms with Gasteiger partial charge in [-0.15, -0.1) is 11.6 Å². The van der Waals surface area contributed by atoms with Crippen molar-refractivity contribution in [2.24, 2.45) is 5.92 Å². The van der Waals surface area contributed by atoms with Crippen LogP contribution in [0.1, 0.15) is 33.1 Å². The molecule has 13 heavy (non-hydrogen) atoms. The van der Waals surface area contributed by atoms with Crippen LogP contribution in [0.25, 0.3) is 0 Å². The minimum absolute atomic E-state index is 0.122. The van der Waals surface area contributed by atoms with Crippen molar-refractivity contribution < 1.29 is 4.79 Å². The van der Waals surface area contributed by atoms with Crippen molar-refractivity contribution in [3.05, 3.63) is 0 Å². The molecule has 0 heterocycles. The minimum Gasteiger partial charge on any atom is -0.342 e. The van der Waals surface area contributed by atoms with Gasteiger partial charge in [0.05, 0.1) is 0 Å². The molecule has 1 unspecified atom stereocenters. The van der Waals surface area contributed by atoms with Crippen LogP contribution in [-0.2, 0) is 4.79 Å². The van der Waals surface area contributed by atoms with E-state index in [1.165, 1.54) is 6.42 Å². The number of carbonyl (C=O) groups is 1. The summed E-state index contributed by atoms with van der Waals surface area (Å²) in [7, 11) is 0. The number of nitrogens with zero attached hydrogens (tertiary/aromatic N) is 1. The van der Waals surface area contributed by atoms with Gasteiger partial charge in [0.25, 0.3) is 0 Å². The van der Waals surface area contributed by atoms with Crippen molar-refractivity contribution in [2.75, 3.05) is 13.1 Å². The van der Waals surface area contributed by atoms with Crippen molar-refractivity contribution >= 4 is 17.5 Å². The van der Waals surface area contributed by atoms with E-state index >= 15 is 0 Å². The average Bonchev–Trinajstić information content (AvgIpc) is 2.03. The second-order valence-corrected chi connectivity index (χ2v) is 4.07. The fraction of sp³-hybridized carbons (Fsp3) is 0.900. The summed E-state index contributed by atoms with van der Waals surface area (Å²) in [4.78, 5) is 13.5. The van der Waals surface area contributed by atoms with Gasteiger partial charge in [-0.3, -0.25) is 4.79 Å². The smallest absolute Gasteiger partial charge is 0.240 e. The highest BCUT2D eigenvalue weighted by atomic mass is 35.5. The molecule has 1 rings (SSSR count). The van der Waals surface area contributed by atoms with E-state index < -0.39 is 0 Å². The Labute approximate surface area is 85.2 Å². The number of hydrogen-bond donors (Lipinski definition) is 0. The zero-order valence-electron chi connectivity index (χ0n) is 8.42. The molecule has 1 aliphatic carbocycles. The Morgan fingerprint density at radius 3 is 2.31 bits per heavy atom. The molecule has 0 aromatic heterocycles. The molecule has 0 radical (unpaired) electrons. The predicted octanol–water partition coefficient (Wildman–Crippen LogP) is 2.26. The van der Waals surface area contributed by atoms with E-state index in [9.17, 15) is 4.79 Å². The molecule has 0 spiro atoms. The summed E-state index contributed by atoms with van der Waals surface area (Å²) in [6, 6.07) is 0. The highest BCUT2D eigenvalue weighted by Crippen LogP contribution is 2.33. The fourth-order valence-corrected chi connectivity index (χ4v) is 2.03. The molecule has 2 nitrogen and oxygen atoms in total. The quantitative estimate of drug-likeness (QED) is 0.642. The van der Waals surface area contributed by atoms with Gasteiger partial charge in [0, 0.05) is 13.1 Å². The van der Waals surface area contributed by atoms with Crippen LogP contribution in [0.2, 0.25) is 0 Å². The lowest BCUT2D eigenvalue weighted by atomic mass is 9.82. The fourth-order valence-electron chi connectivity index (χ4n) is 1.64. The van der Waals surface area contributed by atoms with Gasteiger partial charge in [0.2, 0.25) is 5.91 Å². The summed E-state index contributed by atoms with van der Waals surface area (Å²) in [5.41, 5.74) is 0. The van der Waals surface area contributed by atoms with E-state index in [0.717, 1.165) is 25.9 Å². The number of hydrogen-bond acceptors (Lipinski definition) is 1. The topological polar surface area (TPSA) is 20.3 Å². The number of amides is 1. The minimum atomic E-state index is -0.270. The molecule has 1 saturated carbocycles. The molecule has 1 fully saturated rings. The molecule has 0 N–H and O–H groups in total. The van der Waals surface area contributed by atoms with Crippen molar-refractivity contribution in [2.45, 2.75) is 38.5 Å². The SMILES string of the molecule is CCN(CC)C(=O)C(Cl)C1CCC1. The number of carbonyl (C=O) groups excluding carboxylic acids is 1. The third kappa shape index (κ3) is 2.37. The van der Waals surface area contributed by atoms with Gasteiger partial charge in [-0.25, -0.2) is 0 Å². The largest absolute Gasteiger partial charge is 0.342 e. The maximum absolute atomic E-state index is 11.7. The number of alkyl halides is 1. The molecule has 0 aromatic rings. The molecule has 0 aromatic carbocycles. The summed E-state index contributed by atoms with van der Waals surface area (Å²) < 4.78 is 0. The lowest BCUT2D eigenvalue weighted by Crippen LogP contribution is -2.41. The molecule has 0 bridgehead atoms. The van der Waals surface area contributed by atoms with Crippen molar-refractivity contribution in [1.29, 1.82) is 0 Å². The van der Waals surface area contributed by atoms with E-state index in [-0.39, 0.29) is 11.3 Å². The summed E-state index contributed by atoms with van der Waals surface area (Å²) in [5.74, 6) is 0.561. The predicted molar refractivity (Wildman–Crippen MR) is 54.9 cm³/mol. The number of rotatable bonds is 4. The van der Waals surface area contributed by atoms with Crippen LogP contribution in [0.4, 0.5) is 0 Å². The Kier molecular flexibility index (Phi) is 4.04. The number of halogens is 1. The van der Waals surface area contributed by atoms with E-state index in [1.54, 1.807) is 0 Å². The molecule has 1 amide bonds. The van der Waals surface area contributed by atoms with Gasteiger partial charge in [0.1, 0.15) is 5.38 Å². The monoisotopic (exact) mass is 203 g/mol. The molecular formula is C10H18ClNO. The molecule has 3 heteroatoms. The highest BCUT2D eigenvalue weighted by Gasteiger charge is 2.32. The molecule has 0 aliphatic heterocycles. The van der Waals surface area contributed by atoms with Crippen LogP contribution < -0.4 is 0 Å². The first-order valence-corrected chi connectivity index (χ1v) is 5.57. The van der Waals surface area contributed by atoms with Crippen LogP contribution in [0.3, 0.4) is 0 Å². The summed E-state index contributed by atoms with van der Waals surface area (Å²) in [6.07, 6.45) is 3.49. The Morgan fingerprint density at radius 2 is 2.00 bits per heavy atom. The van der Waals surface area contributed by atoms with Crippen molar-refractivity contribution in [1.82, 2.24) is 4.90 Å². The molecule has 1 aliphatic rings. The van der Waals surface area contributed by atoms with Crippen molar-refractivity contribution in [3.63, 3.8) is 0 Å². The van der Waals surface area contributed by atoms with Gasteiger partial charge in [-0.1, -0.05) is 6.42 Å². The van der Waals surface area contributed by atoms with Crippen LogP contribution in [-0.4, -0.2) is 29.3 Å². The zero-order valence-corrected chi connectivity index (χ0v) is 9.18. The lowest BCUT2D eigenvalue weighted by Gasteiger charge is -2.32. The molecular weight excluding hydrogens is 186 g/mol. The third-order valence-corrected chi connectivity index (χ3v) is 3.42. The maximum atomic E-state index is 11.7. The Bertz CT molecular complexity index is 176. The van der Waals surface area contributed by atoms with E-state index in [1.807, 2.05) is 18.7 Å². The second kappa shape index (κ2) is 4.85. The van der Waals surface area contributed by atoms with Crippen molar-refractivity contribution in [3.8, 4) is 0 Å². The molecule has 76 valence electrons. The Balaban J connectivity index is 2.44. The summed E-state index contributed by atoms with van der Waals surface area (Å²) >= 11 is 6.09. The van der Waals surface area contributed by atoms with Crippen LogP contribution >= 0.6 is 11.6 Å². The highest BCUT2D eigenvalue weighted by molar-refractivity contribution is 6.31. The average molecular weight is 204 g/mol. The summed E-state index contributed by atoms with van der Waals surface area (Å²) in [6.45, 7) is 5.52. The van der Waals surface area contributed by atoms with E-state index in [2.05, 4.69) is 0 Å². The van der Waals surface area contributed by atoms with Crippen LogP contribution in [0.5, 0.6) is 0 Å².